The molecule has 1 aromatic carbocycles. The summed E-state index contributed by atoms with van der Waals surface area (Å²) in [7, 11) is 0. The minimum absolute atomic E-state index is 0.479. The maximum absolute atomic E-state index is 5.72. The molecule has 4 nitrogen and oxygen atoms in total. The van der Waals surface area contributed by atoms with Gasteiger partial charge >= 0.3 is 0 Å². The number of hydrogen-bond donors (Lipinski definition) is 1. The van der Waals surface area contributed by atoms with E-state index >= 15 is 0 Å². The van der Waals surface area contributed by atoms with E-state index in [1.54, 1.807) is 0 Å². The van der Waals surface area contributed by atoms with Gasteiger partial charge in [0.2, 0.25) is 0 Å². The Bertz CT molecular complexity index is 715. The van der Waals surface area contributed by atoms with Crippen LogP contribution in [-0.2, 0) is 13.0 Å². The molecular formula is C15H16N4. The van der Waals surface area contributed by atoms with Crippen molar-refractivity contribution in [1.82, 2.24) is 14.6 Å². The van der Waals surface area contributed by atoms with Crippen molar-refractivity contribution in [3.8, 4) is 0 Å². The van der Waals surface area contributed by atoms with Gasteiger partial charge in [-0.25, -0.2) is 0 Å². The number of hydrogen-bond acceptors (Lipinski definition) is 3. The molecule has 2 N–H and O–H groups in total. The highest BCUT2D eigenvalue weighted by Crippen LogP contribution is 2.13. The van der Waals surface area contributed by atoms with Crippen LogP contribution in [0.3, 0.4) is 0 Å². The van der Waals surface area contributed by atoms with Crippen LogP contribution in [0.15, 0.2) is 42.6 Å². The molecule has 2 heterocycles. The first-order chi connectivity index (χ1) is 9.28. The van der Waals surface area contributed by atoms with Gasteiger partial charge in [0.1, 0.15) is 5.82 Å². The fraction of sp³-hybridized carbons (Fsp3) is 0.200. The first-order valence-corrected chi connectivity index (χ1v) is 6.35. The summed E-state index contributed by atoms with van der Waals surface area (Å²) in [5.74, 6) is 0.941. The molecule has 0 spiro atoms. The van der Waals surface area contributed by atoms with Crippen molar-refractivity contribution in [3.63, 3.8) is 0 Å². The lowest BCUT2D eigenvalue weighted by Crippen LogP contribution is -2.01. The predicted molar refractivity (Wildman–Crippen MR) is 74.9 cm³/mol. The first-order valence-electron chi connectivity index (χ1n) is 6.35. The zero-order chi connectivity index (χ0) is 13.2. The summed E-state index contributed by atoms with van der Waals surface area (Å²) in [6.07, 6.45) is 2.76. The molecule has 2 aromatic heterocycles. The Morgan fingerprint density at radius 1 is 1.16 bits per heavy atom. The van der Waals surface area contributed by atoms with Crippen molar-refractivity contribution < 1.29 is 0 Å². The highest BCUT2D eigenvalue weighted by atomic mass is 15.2. The predicted octanol–water partition coefficient (Wildman–Crippen LogP) is 2.09. The van der Waals surface area contributed by atoms with Gasteiger partial charge in [-0.2, -0.15) is 0 Å². The highest BCUT2D eigenvalue weighted by molar-refractivity contribution is 5.47. The van der Waals surface area contributed by atoms with Gasteiger partial charge in [0, 0.05) is 24.7 Å². The molecule has 0 aliphatic heterocycles. The van der Waals surface area contributed by atoms with E-state index in [0.29, 0.717) is 6.54 Å². The third-order valence-electron chi connectivity index (χ3n) is 3.25. The second-order valence-corrected chi connectivity index (χ2v) is 4.71. The maximum Gasteiger partial charge on any atom is 0.165 e. The lowest BCUT2D eigenvalue weighted by Gasteiger charge is -2.03. The fourth-order valence-electron chi connectivity index (χ4n) is 2.30. The molecule has 0 fully saturated rings. The molecule has 0 radical (unpaired) electrons. The van der Waals surface area contributed by atoms with Gasteiger partial charge in [0.05, 0.1) is 0 Å². The van der Waals surface area contributed by atoms with Gasteiger partial charge < -0.3 is 5.73 Å². The number of benzene rings is 1. The monoisotopic (exact) mass is 252 g/mol. The molecular weight excluding hydrogens is 236 g/mol. The summed E-state index contributed by atoms with van der Waals surface area (Å²) in [5, 5.41) is 8.53. The summed E-state index contributed by atoms with van der Waals surface area (Å²) in [4.78, 5) is 0. The molecule has 0 unspecified atom stereocenters. The minimum atomic E-state index is 0.479. The number of nitrogens with zero attached hydrogens (tertiary/aromatic N) is 3. The molecule has 0 saturated carbocycles. The zero-order valence-corrected chi connectivity index (χ0v) is 10.9. The van der Waals surface area contributed by atoms with Crippen molar-refractivity contribution in [3.05, 3.63) is 65.1 Å². The standard InChI is InChI=1S/C15H16N4/c1-11-4-2-5-12(8-11)9-14-17-18-15-13(10-16)6-3-7-19(14)15/h2-8H,9-10,16H2,1H3. The topological polar surface area (TPSA) is 56.2 Å². The molecule has 96 valence electrons. The molecule has 0 aliphatic carbocycles. The van der Waals surface area contributed by atoms with Crippen molar-refractivity contribution in [2.45, 2.75) is 19.9 Å². The summed E-state index contributed by atoms with van der Waals surface area (Å²) < 4.78 is 2.02. The van der Waals surface area contributed by atoms with Gasteiger partial charge in [-0.1, -0.05) is 35.9 Å². The van der Waals surface area contributed by atoms with Crippen LogP contribution >= 0.6 is 0 Å². The van der Waals surface area contributed by atoms with E-state index < -0.39 is 0 Å². The molecule has 0 aliphatic rings. The largest absolute Gasteiger partial charge is 0.326 e. The van der Waals surface area contributed by atoms with Crippen LogP contribution in [0.4, 0.5) is 0 Å². The SMILES string of the molecule is Cc1cccc(Cc2nnc3c(CN)cccn23)c1. The van der Waals surface area contributed by atoms with Crippen LogP contribution in [0.5, 0.6) is 0 Å². The average molecular weight is 252 g/mol. The van der Waals surface area contributed by atoms with E-state index in [2.05, 4.69) is 41.4 Å². The van der Waals surface area contributed by atoms with Crippen LogP contribution in [0.1, 0.15) is 22.5 Å². The number of aromatic nitrogens is 3. The van der Waals surface area contributed by atoms with Gasteiger partial charge in [-0.05, 0) is 18.6 Å². The van der Waals surface area contributed by atoms with Crippen LogP contribution < -0.4 is 5.73 Å². The van der Waals surface area contributed by atoms with Crippen molar-refractivity contribution in [1.29, 1.82) is 0 Å². The van der Waals surface area contributed by atoms with Crippen LogP contribution in [0, 0.1) is 6.92 Å². The number of pyridine rings is 1. The van der Waals surface area contributed by atoms with Crippen molar-refractivity contribution >= 4 is 5.65 Å². The molecule has 0 saturated heterocycles. The van der Waals surface area contributed by atoms with E-state index in [0.717, 1.165) is 23.5 Å². The third kappa shape index (κ3) is 2.22. The highest BCUT2D eigenvalue weighted by Gasteiger charge is 2.08. The van der Waals surface area contributed by atoms with E-state index in [-0.39, 0.29) is 0 Å². The average Bonchev–Trinajstić information content (AvgIpc) is 2.82. The molecule has 0 amide bonds. The second kappa shape index (κ2) is 4.82. The smallest absolute Gasteiger partial charge is 0.165 e. The Labute approximate surface area is 111 Å². The maximum atomic E-state index is 5.72. The molecule has 4 heteroatoms. The van der Waals surface area contributed by atoms with E-state index in [9.17, 15) is 0 Å². The fourth-order valence-corrected chi connectivity index (χ4v) is 2.30. The number of rotatable bonds is 3. The van der Waals surface area contributed by atoms with Crippen molar-refractivity contribution in [2.24, 2.45) is 5.73 Å². The van der Waals surface area contributed by atoms with E-state index in [1.807, 2.05) is 22.7 Å². The number of nitrogens with two attached hydrogens (primary N) is 1. The molecule has 3 aromatic rings. The van der Waals surface area contributed by atoms with Gasteiger partial charge in [0.25, 0.3) is 0 Å². The van der Waals surface area contributed by atoms with E-state index in [4.69, 9.17) is 5.73 Å². The quantitative estimate of drug-likeness (QED) is 0.776. The summed E-state index contributed by atoms with van der Waals surface area (Å²) in [6, 6.07) is 12.4. The number of fused-ring (bicyclic) bond motifs is 1. The lowest BCUT2D eigenvalue weighted by molar-refractivity contribution is 0.932. The molecule has 3 rings (SSSR count). The Hall–Kier alpha value is -2.20. The zero-order valence-electron chi connectivity index (χ0n) is 10.9. The van der Waals surface area contributed by atoms with Crippen LogP contribution in [0.25, 0.3) is 5.65 Å². The minimum Gasteiger partial charge on any atom is -0.326 e. The Morgan fingerprint density at radius 2 is 2.05 bits per heavy atom. The van der Waals surface area contributed by atoms with E-state index in [1.165, 1.54) is 11.1 Å². The van der Waals surface area contributed by atoms with Crippen LogP contribution in [0.2, 0.25) is 0 Å². The van der Waals surface area contributed by atoms with Gasteiger partial charge in [0.15, 0.2) is 5.65 Å². The second-order valence-electron chi connectivity index (χ2n) is 4.71. The summed E-state index contributed by atoms with van der Waals surface area (Å²) in [5.41, 5.74) is 10.1. The lowest BCUT2D eigenvalue weighted by atomic mass is 10.1. The summed E-state index contributed by atoms with van der Waals surface area (Å²) in [6.45, 7) is 2.57. The molecule has 0 atom stereocenters. The Kier molecular flexibility index (Phi) is 3.01. The molecule has 0 bridgehead atoms. The Morgan fingerprint density at radius 3 is 2.84 bits per heavy atom. The van der Waals surface area contributed by atoms with Gasteiger partial charge in [-0.15, -0.1) is 10.2 Å². The first kappa shape index (κ1) is 11.9. The van der Waals surface area contributed by atoms with Crippen molar-refractivity contribution in [2.75, 3.05) is 0 Å². The number of aryl methyl sites for hydroxylation is 1. The third-order valence-corrected chi connectivity index (χ3v) is 3.25. The Balaban J connectivity index is 2.02. The van der Waals surface area contributed by atoms with Gasteiger partial charge in [-0.3, -0.25) is 4.40 Å². The normalized spacial score (nSPS) is 11.1. The van der Waals surface area contributed by atoms with Crippen LogP contribution in [-0.4, -0.2) is 14.6 Å². The molecule has 19 heavy (non-hydrogen) atoms. The summed E-state index contributed by atoms with van der Waals surface area (Å²) >= 11 is 0.